The highest BCUT2D eigenvalue weighted by Gasteiger charge is 2.24. The number of benzene rings is 1. The molecule has 5 rings (SSSR count). The van der Waals surface area contributed by atoms with Crippen LogP contribution in [0.2, 0.25) is 0 Å². The third-order valence-electron chi connectivity index (χ3n) is 5.30. The van der Waals surface area contributed by atoms with Crippen LogP contribution in [-0.2, 0) is 17.6 Å². The number of thioether (sulfide) groups is 1. The summed E-state index contributed by atoms with van der Waals surface area (Å²) in [5.41, 5.74) is 1.64. The highest BCUT2D eigenvalue weighted by atomic mass is 32.2. The minimum absolute atomic E-state index is 0.109. The zero-order valence-electron chi connectivity index (χ0n) is 17.3. The summed E-state index contributed by atoms with van der Waals surface area (Å²) in [4.78, 5) is 37.2. The molecule has 0 saturated heterocycles. The van der Waals surface area contributed by atoms with E-state index in [1.807, 2.05) is 24.3 Å². The van der Waals surface area contributed by atoms with E-state index in [4.69, 9.17) is 9.72 Å². The average molecular weight is 485 g/mol. The largest absolute Gasteiger partial charge is 0.495 e. The van der Waals surface area contributed by atoms with Gasteiger partial charge in [-0.2, -0.15) is 0 Å². The maximum absolute atomic E-state index is 13.8. The van der Waals surface area contributed by atoms with E-state index in [9.17, 15) is 9.59 Å². The summed E-state index contributed by atoms with van der Waals surface area (Å²) in [5, 5.41) is 6.30. The van der Waals surface area contributed by atoms with Crippen molar-refractivity contribution >= 4 is 55.7 Å². The normalized spacial score (nSPS) is 13.2. The lowest BCUT2D eigenvalue weighted by molar-refractivity contribution is -0.113. The lowest BCUT2D eigenvalue weighted by Gasteiger charge is -2.15. The number of thiazole rings is 1. The predicted molar refractivity (Wildman–Crippen MR) is 130 cm³/mol. The van der Waals surface area contributed by atoms with Crippen LogP contribution in [0.5, 0.6) is 5.75 Å². The van der Waals surface area contributed by atoms with Gasteiger partial charge in [0.1, 0.15) is 10.6 Å². The molecule has 1 N–H and O–H groups in total. The SMILES string of the molecule is COc1ccccc1-n1c(SCC(=O)Nc2nccs2)nc2sc3c(c2c1=O)CCCC3. The number of aryl methyl sites for hydroxylation is 2. The first-order chi connectivity index (χ1) is 15.7. The van der Waals surface area contributed by atoms with Crippen LogP contribution in [-0.4, -0.2) is 33.3 Å². The Morgan fingerprint density at radius 1 is 1.28 bits per heavy atom. The summed E-state index contributed by atoms with van der Waals surface area (Å²) in [7, 11) is 1.58. The van der Waals surface area contributed by atoms with Crippen molar-refractivity contribution in [3.8, 4) is 11.4 Å². The number of hydrogen-bond acceptors (Lipinski definition) is 8. The van der Waals surface area contributed by atoms with Gasteiger partial charge in [-0.15, -0.1) is 22.7 Å². The van der Waals surface area contributed by atoms with Gasteiger partial charge >= 0.3 is 0 Å². The van der Waals surface area contributed by atoms with E-state index < -0.39 is 0 Å². The predicted octanol–water partition coefficient (Wildman–Crippen LogP) is 4.52. The highest BCUT2D eigenvalue weighted by molar-refractivity contribution is 7.99. The van der Waals surface area contributed by atoms with Crippen molar-refractivity contribution in [3.63, 3.8) is 0 Å². The molecule has 0 radical (unpaired) electrons. The summed E-state index contributed by atoms with van der Waals surface area (Å²) in [6, 6.07) is 7.38. The average Bonchev–Trinajstić information content (AvgIpc) is 3.45. The Kier molecular flexibility index (Phi) is 5.99. The second-order valence-electron chi connectivity index (χ2n) is 7.27. The van der Waals surface area contributed by atoms with Crippen LogP contribution < -0.4 is 15.6 Å². The molecule has 0 bridgehead atoms. The summed E-state index contributed by atoms with van der Waals surface area (Å²) in [6.45, 7) is 0. The first-order valence-electron chi connectivity index (χ1n) is 10.2. The van der Waals surface area contributed by atoms with Crippen molar-refractivity contribution in [2.24, 2.45) is 0 Å². The number of para-hydroxylation sites is 2. The molecule has 0 unspecified atom stereocenters. The van der Waals surface area contributed by atoms with Crippen LogP contribution in [0.1, 0.15) is 23.3 Å². The molecule has 0 fully saturated rings. The van der Waals surface area contributed by atoms with Crippen molar-refractivity contribution in [2.45, 2.75) is 30.8 Å². The van der Waals surface area contributed by atoms with Crippen molar-refractivity contribution in [1.29, 1.82) is 0 Å². The van der Waals surface area contributed by atoms with Gasteiger partial charge in [-0.3, -0.25) is 14.2 Å². The Hall–Kier alpha value is -2.69. The number of hydrogen-bond donors (Lipinski definition) is 1. The van der Waals surface area contributed by atoms with Gasteiger partial charge in [0.25, 0.3) is 5.56 Å². The van der Waals surface area contributed by atoms with Gasteiger partial charge in [-0.1, -0.05) is 23.9 Å². The fourth-order valence-electron chi connectivity index (χ4n) is 3.88. The molecule has 7 nitrogen and oxygen atoms in total. The Morgan fingerprint density at radius 3 is 2.94 bits per heavy atom. The number of carbonyl (C=O) groups is 1. The lowest BCUT2D eigenvalue weighted by atomic mass is 9.97. The lowest BCUT2D eigenvalue weighted by Crippen LogP contribution is -2.23. The number of nitrogens with zero attached hydrogens (tertiary/aromatic N) is 3. The van der Waals surface area contributed by atoms with Crippen LogP contribution in [0.25, 0.3) is 15.9 Å². The molecule has 164 valence electrons. The first-order valence-corrected chi connectivity index (χ1v) is 12.9. The van der Waals surface area contributed by atoms with Crippen molar-refractivity contribution in [2.75, 3.05) is 18.2 Å². The zero-order valence-corrected chi connectivity index (χ0v) is 19.7. The van der Waals surface area contributed by atoms with Gasteiger partial charge in [0.15, 0.2) is 10.3 Å². The molecule has 0 saturated carbocycles. The van der Waals surface area contributed by atoms with E-state index in [0.29, 0.717) is 27.1 Å². The quantitative estimate of drug-likeness (QED) is 0.320. The molecular weight excluding hydrogens is 464 g/mol. The second-order valence-corrected chi connectivity index (χ2v) is 10.2. The maximum Gasteiger partial charge on any atom is 0.267 e. The second kappa shape index (κ2) is 9.05. The van der Waals surface area contributed by atoms with Gasteiger partial charge < -0.3 is 10.1 Å². The topological polar surface area (TPSA) is 86.1 Å². The molecule has 0 aliphatic heterocycles. The number of aromatic nitrogens is 3. The number of anilines is 1. The van der Waals surface area contributed by atoms with E-state index >= 15 is 0 Å². The molecule has 4 aromatic rings. The molecule has 32 heavy (non-hydrogen) atoms. The van der Waals surface area contributed by atoms with Crippen LogP contribution in [0.4, 0.5) is 5.13 Å². The summed E-state index contributed by atoms with van der Waals surface area (Å²) < 4.78 is 7.12. The standard InChI is InChI=1S/C22H20N4O3S3/c1-29-15-8-4-3-7-14(15)26-20(28)18-13-6-2-5-9-16(13)32-19(18)25-22(26)31-12-17(27)24-21-23-10-11-30-21/h3-4,7-8,10-11H,2,5-6,9,12H2,1H3,(H,23,24,27). The van der Waals surface area contributed by atoms with Crippen LogP contribution in [0.15, 0.2) is 45.8 Å². The Bertz CT molecular complexity index is 1340. The number of rotatable bonds is 6. The number of ether oxygens (including phenoxy) is 1. The van der Waals surface area contributed by atoms with Crippen LogP contribution in [0.3, 0.4) is 0 Å². The van der Waals surface area contributed by atoms with Crippen LogP contribution in [0, 0.1) is 0 Å². The molecule has 0 atom stereocenters. The van der Waals surface area contributed by atoms with Crippen LogP contribution >= 0.6 is 34.4 Å². The molecule has 3 aromatic heterocycles. The van der Waals surface area contributed by atoms with E-state index in [-0.39, 0.29) is 17.2 Å². The summed E-state index contributed by atoms with van der Waals surface area (Å²) in [5.74, 6) is 0.489. The monoisotopic (exact) mass is 484 g/mol. The third kappa shape index (κ3) is 3.94. The number of carbonyl (C=O) groups excluding carboxylic acids is 1. The van der Waals surface area contributed by atoms with Crippen molar-refractivity contribution in [1.82, 2.24) is 14.5 Å². The fourth-order valence-corrected chi connectivity index (χ4v) is 6.53. The maximum atomic E-state index is 13.8. The summed E-state index contributed by atoms with van der Waals surface area (Å²) >= 11 is 4.20. The van der Waals surface area contributed by atoms with E-state index in [1.165, 1.54) is 28.0 Å². The minimum atomic E-state index is -0.198. The minimum Gasteiger partial charge on any atom is -0.495 e. The van der Waals surface area contributed by atoms with Gasteiger partial charge in [-0.25, -0.2) is 9.97 Å². The molecule has 3 heterocycles. The molecule has 1 amide bonds. The smallest absolute Gasteiger partial charge is 0.267 e. The number of nitrogens with one attached hydrogen (secondary N) is 1. The van der Waals surface area contributed by atoms with E-state index in [2.05, 4.69) is 10.3 Å². The number of methoxy groups -OCH3 is 1. The zero-order chi connectivity index (χ0) is 22.1. The van der Waals surface area contributed by atoms with Gasteiger partial charge in [0.05, 0.1) is 23.9 Å². The highest BCUT2D eigenvalue weighted by Crippen LogP contribution is 2.36. The van der Waals surface area contributed by atoms with Crippen molar-refractivity contribution in [3.05, 3.63) is 56.6 Å². The van der Waals surface area contributed by atoms with Crippen molar-refractivity contribution < 1.29 is 9.53 Å². The van der Waals surface area contributed by atoms with E-state index in [0.717, 1.165) is 36.1 Å². The number of fused-ring (bicyclic) bond motifs is 3. The van der Waals surface area contributed by atoms with Gasteiger partial charge in [-0.05, 0) is 43.4 Å². The first kappa shape index (κ1) is 21.2. The number of thiophene rings is 1. The Balaban J connectivity index is 1.60. The Labute approximate surface area is 196 Å². The molecule has 0 spiro atoms. The molecule has 10 heteroatoms. The van der Waals surface area contributed by atoms with Gasteiger partial charge in [0, 0.05) is 16.5 Å². The molecule has 1 aromatic carbocycles. The molecule has 1 aliphatic carbocycles. The molecule has 1 aliphatic rings. The van der Waals surface area contributed by atoms with Gasteiger partial charge in [0.2, 0.25) is 5.91 Å². The summed E-state index contributed by atoms with van der Waals surface area (Å²) in [6.07, 6.45) is 5.75. The molecular formula is C22H20N4O3S3. The van der Waals surface area contributed by atoms with E-state index in [1.54, 1.807) is 34.6 Å². The fraction of sp³-hybridized carbons (Fsp3) is 0.273. The Morgan fingerprint density at radius 2 is 2.12 bits per heavy atom. The third-order valence-corrected chi connectivity index (χ3v) is 8.11. The number of amides is 1.